The van der Waals surface area contributed by atoms with Crippen LogP contribution >= 0.6 is 11.6 Å². The highest BCUT2D eigenvalue weighted by Gasteiger charge is 2.34. The number of fused-ring (bicyclic) bond motifs is 1. The van der Waals surface area contributed by atoms with Gasteiger partial charge in [0.15, 0.2) is 11.5 Å². The number of rotatable bonds is 10. The van der Waals surface area contributed by atoms with E-state index in [-0.39, 0.29) is 29.1 Å². The van der Waals surface area contributed by atoms with Crippen molar-refractivity contribution < 1.29 is 27.5 Å². The quantitative estimate of drug-likeness (QED) is 0.354. The number of carbonyl (C=O) groups is 2. The van der Waals surface area contributed by atoms with Crippen LogP contribution in [0.5, 0.6) is 11.5 Å². The number of nitrogens with one attached hydrogen (secondary N) is 1. The van der Waals surface area contributed by atoms with Crippen LogP contribution in [0.3, 0.4) is 0 Å². The molecular formula is C31H34ClN3O6S. The van der Waals surface area contributed by atoms with Crippen LogP contribution in [0.2, 0.25) is 5.02 Å². The van der Waals surface area contributed by atoms with E-state index in [0.29, 0.717) is 29.7 Å². The van der Waals surface area contributed by atoms with Gasteiger partial charge in [-0.1, -0.05) is 54.8 Å². The van der Waals surface area contributed by atoms with E-state index >= 15 is 0 Å². The van der Waals surface area contributed by atoms with Gasteiger partial charge in [0.2, 0.25) is 11.8 Å². The molecule has 0 saturated heterocycles. The summed E-state index contributed by atoms with van der Waals surface area (Å²) in [7, 11) is -4.18. The van der Waals surface area contributed by atoms with Crippen LogP contribution < -0.4 is 19.1 Å². The topological polar surface area (TPSA) is 105 Å². The van der Waals surface area contributed by atoms with Gasteiger partial charge >= 0.3 is 0 Å². The summed E-state index contributed by atoms with van der Waals surface area (Å²) in [6, 6.07) is 18.9. The Balaban J connectivity index is 1.48. The average Bonchev–Trinajstić information content (AvgIpc) is 3.52. The summed E-state index contributed by atoms with van der Waals surface area (Å²) >= 11 is 6.08. The van der Waals surface area contributed by atoms with Gasteiger partial charge in [-0.05, 0) is 61.7 Å². The molecule has 1 atom stereocenters. The van der Waals surface area contributed by atoms with E-state index in [1.54, 1.807) is 67.6 Å². The Morgan fingerprint density at radius 2 is 1.62 bits per heavy atom. The molecule has 9 nitrogen and oxygen atoms in total. The predicted octanol–water partition coefficient (Wildman–Crippen LogP) is 4.78. The molecule has 2 amide bonds. The Bertz CT molecular complexity index is 1510. The average molecular weight is 612 g/mol. The molecular weight excluding hydrogens is 578 g/mol. The summed E-state index contributed by atoms with van der Waals surface area (Å²) in [5.41, 5.74) is 0.996. The molecule has 1 heterocycles. The molecule has 0 bridgehead atoms. The molecule has 0 spiro atoms. The minimum atomic E-state index is -4.18. The monoisotopic (exact) mass is 611 g/mol. The molecule has 222 valence electrons. The highest BCUT2D eigenvalue weighted by molar-refractivity contribution is 7.92. The maximum absolute atomic E-state index is 14.1. The van der Waals surface area contributed by atoms with Gasteiger partial charge in [0, 0.05) is 23.7 Å². The minimum Gasteiger partial charge on any atom is -0.486 e. The summed E-state index contributed by atoms with van der Waals surface area (Å²) in [6.45, 7) is 1.93. The number of benzene rings is 3. The minimum absolute atomic E-state index is 0.0314. The molecule has 1 aliphatic carbocycles. The van der Waals surface area contributed by atoms with E-state index in [9.17, 15) is 18.0 Å². The van der Waals surface area contributed by atoms with Crippen LogP contribution in [0.1, 0.15) is 38.2 Å². The first kappa shape index (κ1) is 29.7. The van der Waals surface area contributed by atoms with Gasteiger partial charge in [-0.2, -0.15) is 0 Å². The number of amides is 2. The van der Waals surface area contributed by atoms with Crippen molar-refractivity contribution >= 4 is 39.1 Å². The molecule has 0 radical (unpaired) electrons. The normalized spacial score (nSPS) is 15.6. The number of anilines is 1. The van der Waals surface area contributed by atoms with Crippen LogP contribution in [-0.4, -0.2) is 57.0 Å². The van der Waals surface area contributed by atoms with Crippen molar-refractivity contribution in [3.05, 3.63) is 83.4 Å². The summed E-state index contributed by atoms with van der Waals surface area (Å²) < 4.78 is 40.3. The molecule has 2 aliphatic rings. The summed E-state index contributed by atoms with van der Waals surface area (Å²) in [4.78, 5) is 28.9. The molecule has 1 fully saturated rings. The van der Waals surface area contributed by atoms with Gasteiger partial charge in [0.1, 0.15) is 25.8 Å². The number of hydrogen-bond donors (Lipinski definition) is 1. The second-order valence-electron chi connectivity index (χ2n) is 10.5. The summed E-state index contributed by atoms with van der Waals surface area (Å²) in [5, 5.41) is 3.61. The molecule has 0 aromatic heterocycles. The predicted molar refractivity (Wildman–Crippen MR) is 160 cm³/mol. The van der Waals surface area contributed by atoms with Crippen LogP contribution in [0.25, 0.3) is 0 Å². The third kappa shape index (κ3) is 6.82. The van der Waals surface area contributed by atoms with Crippen molar-refractivity contribution in [1.82, 2.24) is 10.2 Å². The zero-order valence-corrected chi connectivity index (χ0v) is 24.9. The standard InChI is InChI=1S/C31H34ClN3O6S/c1-22(31(37)33-25-7-5-6-8-25)34(20-23-11-13-24(32)14-12-23)30(36)21-35(42(38,39)27-9-3-2-4-10-27)26-15-16-28-29(19-26)41-18-17-40-28/h2-4,9-16,19,22,25H,5-8,17-18,20-21H2,1H3,(H,33,37)/t22-/m0/s1. The van der Waals surface area contributed by atoms with Gasteiger partial charge < -0.3 is 19.7 Å². The van der Waals surface area contributed by atoms with Crippen LogP contribution in [0.15, 0.2) is 77.7 Å². The van der Waals surface area contributed by atoms with Crippen molar-refractivity contribution in [3.63, 3.8) is 0 Å². The number of halogens is 1. The molecule has 11 heteroatoms. The Labute approximate surface area is 251 Å². The Hall–Kier alpha value is -3.76. The van der Waals surface area contributed by atoms with Gasteiger partial charge in [-0.3, -0.25) is 13.9 Å². The Morgan fingerprint density at radius 3 is 2.31 bits per heavy atom. The Morgan fingerprint density at radius 1 is 0.952 bits per heavy atom. The molecule has 0 unspecified atom stereocenters. The molecule has 3 aromatic carbocycles. The fourth-order valence-corrected chi connectivity index (χ4v) is 6.75. The van der Waals surface area contributed by atoms with E-state index in [4.69, 9.17) is 21.1 Å². The fraction of sp³-hybridized carbons (Fsp3) is 0.355. The number of hydrogen-bond acceptors (Lipinski definition) is 6. The second kappa shape index (κ2) is 13.0. The van der Waals surface area contributed by atoms with Gasteiger partial charge in [0.25, 0.3) is 10.0 Å². The largest absolute Gasteiger partial charge is 0.486 e. The summed E-state index contributed by atoms with van der Waals surface area (Å²) in [5.74, 6) is 0.0752. The van der Waals surface area contributed by atoms with E-state index in [2.05, 4.69) is 5.32 Å². The van der Waals surface area contributed by atoms with E-state index in [1.165, 1.54) is 17.0 Å². The van der Waals surface area contributed by atoms with Crippen LogP contribution in [-0.2, 0) is 26.2 Å². The second-order valence-corrected chi connectivity index (χ2v) is 12.8. The molecule has 42 heavy (non-hydrogen) atoms. The van der Waals surface area contributed by atoms with E-state index in [0.717, 1.165) is 35.6 Å². The number of carbonyl (C=O) groups excluding carboxylic acids is 2. The number of ether oxygens (including phenoxy) is 2. The zero-order chi connectivity index (χ0) is 29.7. The lowest BCUT2D eigenvalue weighted by Crippen LogP contribution is -2.52. The lowest BCUT2D eigenvalue weighted by Gasteiger charge is -2.32. The molecule has 1 saturated carbocycles. The van der Waals surface area contributed by atoms with E-state index in [1.807, 2.05) is 0 Å². The lowest BCUT2D eigenvalue weighted by atomic mass is 10.1. The highest BCUT2D eigenvalue weighted by Crippen LogP contribution is 2.36. The summed E-state index contributed by atoms with van der Waals surface area (Å²) in [6.07, 6.45) is 3.90. The number of sulfonamides is 1. The van der Waals surface area contributed by atoms with Crippen LogP contribution in [0.4, 0.5) is 5.69 Å². The van der Waals surface area contributed by atoms with E-state index < -0.39 is 28.5 Å². The Kier molecular flexibility index (Phi) is 9.23. The van der Waals surface area contributed by atoms with Crippen molar-refractivity contribution in [1.29, 1.82) is 0 Å². The third-order valence-corrected chi connectivity index (χ3v) is 9.60. The lowest BCUT2D eigenvalue weighted by molar-refractivity contribution is -0.139. The smallest absolute Gasteiger partial charge is 0.264 e. The first-order valence-corrected chi connectivity index (χ1v) is 15.9. The number of nitrogens with zero attached hydrogens (tertiary/aromatic N) is 2. The van der Waals surface area contributed by atoms with Gasteiger partial charge in [-0.15, -0.1) is 0 Å². The molecule has 1 aliphatic heterocycles. The van der Waals surface area contributed by atoms with Gasteiger partial charge in [0.05, 0.1) is 10.6 Å². The van der Waals surface area contributed by atoms with Crippen molar-refractivity contribution in [3.8, 4) is 11.5 Å². The van der Waals surface area contributed by atoms with Crippen LogP contribution in [0, 0.1) is 0 Å². The molecule has 5 rings (SSSR count). The molecule has 3 aromatic rings. The molecule has 1 N–H and O–H groups in total. The first-order valence-electron chi connectivity index (χ1n) is 14.0. The van der Waals surface area contributed by atoms with Crippen molar-refractivity contribution in [2.75, 3.05) is 24.1 Å². The van der Waals surface area contributed by atoms with Crippen molar-refractivity contribution in [2.24, 2.45) is 0 Å². The highest BCUT2D eigenvalue weighted by atomic mass is 35.5. The fourth-order valence-electron chi connectivity index (χ4n) is 5.20. The maximum Gasteiger partial charge on any atom is 0.264 e. The maximum atomic E-state index is 14.1. The SMILES string of the molecule is C[C@@H](C(=O)NC1CCCC1)N(Cc1ccc(Cl)cc1)C(=O)CN(c1ccc2c(c1)OCCO2)S(=O)(=O)c1ccccc1. The van der Waals surface area contributed by atoms with Gasteiger partial charge in [-0.25, -0.2) is 8.42 Å². The zero-order valence-electron chi connectivity index (χ0n) is 23.4. The van der Waals surface area contributed by atoms with Crippen molar-refractivity contribution in [2.45, 2.75) is 56.1 Å². The first-order chi connectivity index (χ1) is 20.2. The third-order valence-electron chi connectivity index (χ3n) is 7.56.